The molecule has 1 amide bonds. The van der Waals surface area contributed by atoms with Gasteiger partial charge >= 0.3 is 0 Å². The van der Waals surface area contributed by atoms with Crippen molar-refractivity contribution in [3.63, 3.8) is 0 Å². The van der Waals surface area contributed by atoms with Gasteiger partial charge in [-0.15, -0.1) is 0 Å². The Kier molecular flexibility index (Phi) is 4.80. The van der Waals surface area contributed by atoms with Crippen LogP contribution in [0.5, 0.6) is 0 Å². The first-order chi connectivity index (χ1) is 10.2. The Balaban J connectivity index is 1.44. The van der Waals surface area contributed by atoms with E-state index < -0.39 is 0 Å². The van der Waals surface area contributed by atoms with E-state index >= 15 is 0 Å². The van der Waals surface area contributed by atoms with Gasteiger partial charge in [-0.05, 0) is 45.4 Å². The maximum absolute atomic E-state index is 12.5. The Morgan fingerprint density at radius 3 is 2.62 bits per heavy atom. The summed E-state index contributed by atoms with van der Waals surface area (Å²) in [7, 11) is 2.07. The van der Waals surface area contributed by atoms with Crippen molar-refractivity contribution >= 4 is 5.91 Å². The summed E-state index contributed by atoms with van der Waals surface area (Å²) in [6.45, 7) is 5.74. The Morgan fingerprint density at radius 2 is 2.00 bits per heavy atom. The lowest BCUT2D eigenvalue weighted by molar-refractivity contribution is -0.137. The predicted octanol–water partition coefficient (Wildman–Crippen LogP) is 0.918. The molecule has 0 aliphatic carbocycles. The molecule has 0 aromatic heterocycles. The van der Waals surface area contributed by atoms with Crippen molar-refractivity contribution in [3.8, 4) is 0 Å². The van der Waals surface area contributed by atoms with E-state index in [4.69, 9.17) is 4.74 Å². The van der Waals surface area contributed by atoms with Crippen LogP contribution < -0.4 is 0 Å². The minimum Gasteiger partial charge on any atom is -0.497 e. The maximum atomic E-state index is 12.5. The van der Waals surface area contributed by atoms with Crippen molar-refractivity contribution < 1.29 is 9.53 Å². The molecule has 5 nitrogen and oxygen atoms in total. The van der Waals surface area contributed by atoms with Crippen molar-refractivity contribution in [2.45, 2.75) is 37.8 Å². The molecule has 2 saturated heterocycles. The number of likely N-dealkylation sites (tertiary alicyclic amines) is 1. The van der Waals surface area contributed by atoms with Crippen LogP contribution in [0.1, 0.15) is 25.7 Å². The normalized spacial score (nSPS) is 31.4. The topological polar surface area (TPSA) is 36.0 Å². The fraction of sp³-hybridized carbons (Fsp3) is 0.812. The Hall–Kier alpha value is -1.07. The second kappa shape index (κ2) is 6.79. The first-order valence-corrected chi connectivity index (χ1v) is 8.26. The zero-order valence-electron chi connectivity index (χ0n) is 13.0. The molecule has 0 bridgehead atoms. The van der Waals surface area contributed by atoms with E-state index in [1.165, 1.54) is 0 Å². The molecule has 3 aliphatic heterocycles. The molecular formula is C16H27N3O2. The van der Waals surface area contributed by atoms with Gasteiger partial charge in [0.2, 0.25) is 5.91 Å². The lowest BCUT2D eigenvalue weighted by Crippen LogP contribution is -2.54. The smallest absolute Gasteiger partial charge is 0.240 e. The van der Waals surface area contributed by atoms with Gasteiger partial charge in [-0.3, -0.25) is 14.6 Å². The molecular weight excluding hydrogens is 266 g/mol. The Morgan fingerprint density at radius 1 is 1.19 bits per heavy atom. The zero-order valence-corrected chi connectivity index (χ0v) is 13.0. The number of carbonyl (C=O) groups excluding carboxylic acids is 1. The standard InChI is InChI=1S/C16H27N3O2/c1-17-7-4-6-15(17)16(20)19-10-8-18(9-11-19)13-14-5-2-3-12-21-14/h3,12,14-15H,2,4-11,13H2,1H3/t14-,15-/m0/s1. The second-order valence-corrected chi connectivity index (χ2v) is 6.47. The molecule has 118 valence electrons. The van der Waals surface area contributed by atoms with Gasteiger partial charge in [-0.25, -0.2) is 0 Å². The van der Waals surface area contributed by atoms with Gasteiger partial charge in [-0.2, -0.15) is 0 Å². The second-order valence-electron chi connectivity index (χ2n) is 6.47. The van der Waals surface area contributed by atoms with Crippen LogP contribution in [0.25, 0.3) is 0 Å². The molecule has 0 aromatic rings. The molecule has 0 radical (unpaired) electrons. The summed E-state index contributed by atoms with van der Waals surface area (Å²) >= 11 is 0. The van der Waals surface area contributed by atoms with E-state index in [9.17, 15) is 4.79 Å². The summed E-state index contributed by atoms with van der Waals surface area (Å²) in [6, 6.07) is 0.128. The molecule has 0 unspecified atom stereocenters. The van der Waals surface area contributed by atoms with Crippen LogP contribution in [0.4, 0.5) is 0 Å². The summed E-state index contributed by atoms with van der Waals surface area (Å²) in [5.74, 6) is 0.339. The molecule has 3 rings (SSSR count). The van der Waals surface area contributed by atoms with Crippen LogP contribution in [0.2, 0.25) is 0 Å². The van der Waals surface area contributed by atoms with Gasteiger partial charge in [0.1, 0.15) is 6.10 Å². The van der Waals surface area contributed by atoms with E-state index in [1.807, 2.05) is 6.26 Å². The van der Waals surface area contributed by atoms with Gasteiger partial charge in [-0.1, -0.05) is 0 Å². The fourth-order valence-electron chi connectivity index (χ4n) is 3.59. The highest BCUT2D eigenvalue weighted by Gasteiger charge is 2.33. The van der Waals surface area contributed by atoms with Crippen LogP contribution in [-0.4, -0.2) is 79.1 Å². The largest absolute Gasteiger partial charge is 0.497 e. The van der Waals surface area contributed by atoms with Crippen molar-refractivity contribution in [2.75, 3.05) is 46.3 Å². The first kappa shape index (κ1) is 14.9. The third kappa shape index (κ3) is 3.58. The van der Waals surface area contributed by atoms with E-state index in [1.54, 1.807) is 0 Å². The number of piperazine rings is 1. The fourth-order valence-corrected chi connectivity index (χ4v) is 3.59. The van der Waals surface area contributed by atoms with E-state index in [2.05, 4.69) is 27.8 Å². The number of nitrogens with zero attached hydrogens (tertiary/aromatic N) is 3. The monoisotopic (exact) mass is 293 g/mol. The van der Waals surface area contributed by atoms with Gasteiger partial charge in [0.15, 0.2) is 0 Å². The molecule has 2 fully saturated rings. The third-order valence-electron chi connectivity index (χ3n) is 4.97. The third-order valence-corrected chi connectivity index (χ3v) is 4.97. The molecule has 21 heavy (non-hydrogen) atoms. The minimum absolute atomic E-state index is 0.128. The molecule has 0 aromatic carbocycles. The van der Waals surface area contributed by atoms with Crippen LogP contribution in [0.15, 0.2) is 12.3 Å². The molecule has 3 aliphatic rings. The van der Waals surface area contributed by atoms with Crippen molar-refractivity contribution in [1.29, 1.82) is 0 Å². The highest BCUT2D eigenvalue weighted by molar-refractivity contribution is 5.82. The summed E-state index contributed by atoms with van der Waals surface area (Å²) in [5, 5.41) is 0. The van der Waals surface area contributed by atoms with Gasteiger partial charge < -0.3 is 9.64 Å². The quantitative estimate of drug-likeness (QED) is 0.775. The average molecular weight is 293 g/mol. The van der Waals surface area contributed by atoms with E-state index in [0.717, 1.165) is 65.0 Å². The molecule has 5 heteroatoms. The van der Waals surface area contributed by atoms with Crippen molar-refractivity contribution in [3.05, 3.63) is 12.3 Å². The zero-order chi connectivity index (χ0) is 14.7. The lowest BCUT2D eigenvalue weighted by Gasteiger charge is -2.38. The lowest BCUT2D eigenvalue weighted by atomic mass is 10.1. The number of ether oxygens (including phenoxy) is 1. The van der Waals surface area contributed by atoms with Crippen LogP contribution in [-0.2, 0) is 9.53 Å². The number of likely N-dealkylation sites (N-methyl/N-ethyl adjacent to an activating group) is 1. The molecule has 0 N–H and O–H groups in total. The Labute approximate surface area is 127 Å². The van der Waals surface area contributed by atoms with Gasteiger partial charge in [0.25, 0.3) is 0 Å². The first-order valence-electron chi connectivity index (χ1n) is 8.26. The van der Waals surface area contributed by atoms with E-state index in [-0.39, 0.29) is 6.04 Å². The van der Waals surface area contributed by atoms with Crippen molar-refractivity contribution in [2.24, 2.45) is 0 Å². The van der Waals surface area contributed by atoms with Crippen LogP contribution >= 0.6 is 0 Å². The number of rotatable bonds is 3. The van der Waals surface area contributed by atoms with Gasteiger partial charge in [0.05, 0.1) is 12.3 Å². The van der Waals surface area contributed by atoms with Crippen molar-refractivity contribution in [1.82, 2.24) is 14.7 Å². The summed E-state index contributed by atoms with van der Waals surface area (Å²) in [4.78, 5) is 19.2. The van der Waals surface area contributed by atoms with Crippen LogP contribution in [0.3, 0.4) is 0 Å². The maximum Gasteiger partial charge on any atom is 0.240 e. The summed E-state index contributed by atoms with van der Waals surface area (Å²) in [5.41, 5.74) is 0. The minimum atomic E-state index is 0.128. The molecule has 2 atom stereocenters. The Bertz CT molecular complexity index is 391. The number of carbonyl (C=O) groups is 1. The average Bonchev–Trinajstić information content (AvgIpc) is 2.94. The summed E-state index contributed by atoms with van der Waals surface area (Å²) in [6.07, 6.45) is 8.67. The molecule has 3 heterocycles. The van der Waals surface area contributed by atoms with Gasteiger partial charge in [0, 0.05) is 32.7 Å². The SMILES string of the molecule is CN1CCC[C@H]1C(=O)N1CCN(C[C@@H]2CCC=CO2)CC1. The number of hydrogen-bond acceptors (Lipinski definition) is 4. The molecule has 0 spiro atoms. The highest BCUT2D eigenvalue weighted by atomic mass is 16.5. The van der Waals surface area contributed by atoms with Crippen LogP contribution in [0, 0.1) is 0 Å². The number of amides is 1. The summed E-state index contributed by atoms with van der Waals surface area (Å²) < 4.78 is 5.64. The predicted molar refractivity (Wildman–Crippen MR) is 81.9 cm³/mol. The highest BCUT2D eigenvalue weighted by Crippen LogP contribution is 2.18. The molecule has 0 saturated carbocycles. The van der Waals surface area contributed by atoms with E-state index in [0.29, 0.717) is 12.0 Å². The number of hydrogen-bond donors (Lipinski definition) is 0. The number of allylic oxidation sites excluding steroid dienone is 1.